The maximum atomic E-state index is 13.1. The number of nitrogens with zero attached hydrogens (tertiary/aromatic N) is 3. The van der Waals surface area contributed by atoms with E-state index in [4.69, 9.17) is 5.10 Å². The normalized spacial score (nSPS) is 24.0. The zero-order valence-corrected chi connectivity index (χ0v) is 14.9. The molecule has 2 aliphatic rings. The molecule has 6 heteroatoms. The van der Waals surface area contributed by atoms with Crippen LogP contribution < -0.4 is 0 Å². The third-order valence-corrected chi connectivity index (χ3v) is 5.23. The van der Waals surface area contributed by atoms with E-state index in [1.165, 1.54) is 5.56 Å². The van der Waals surface area contributed by atoms with Gasteiger partial charge in [0.1, 0.15) is 5.92 Å². The van der Waals surface area contributed by atoms with Crippen molar-refractivity contribution < 1.29 is 13.6 Å². The minimum atomic E-state index is -2.77. The molecule has 4 nitrogen and oxygen atoms in total. The number of piperidine rings is 1. The Hall–Kier alpha value is -1.46. The van der Waals surface area contributed by atoms with Crippen molar-refractivity contribution in [2.24, 2.45) is 5.92 Å². The first kappa shape index (κ1) is 17.4. The summed E-state index contributed by atoms with van der Waals surface area (Å²) in [6, 6.07) is 0.249. The number of aromatic nitrogens is 2. The number of alkyl halides is 2. The largest absolute Gasteiger partial charge is 0.342 e. The Bertz CT molecular complexity index is 590. The Morgan fingerprint density at radius 2 is 1.79 bits per heavy atom. The molecule has 0 bridgehead atoms. The minimum absolute atomic E-state index is 0.249. The Balaban J connectivity index is 1.65. The van der Waals surface area contributed by atoms with Crippen LogP contribution >= 0.6 is 0 Å². The third kappa shape index (κ3) is 3.20. The fourth-order valence-corrected chi connectivity index (χ4v) is 3.55. The second-order valence-electron chi connectivity index (χ2n) is 7.83. The molecule has 2 fully saturated rings. The Morgan fingerprint density at radius 3 is 2.21 bits per heavy atom. The topological polar surface area (TPSA) is 38.1 Å². The monoisotopic (exact) mass is 339 g/mol. The zero-order valence-electron chi connectivity index (χ0n) is 14.9. The van der Waals surface area contributed by atoms with Gasteiger partial charge in [-0.05, 0) is 30.2 Å². The highest BCUT2D eigenvalue weighted by atomic mass is 19.3. The fraction of sp³-hybridized carbons (Fsp3) is 0.778. The molecule has 1 aromatic rings. The quantitative estimate of drug-likeness (QED) is 0.833. The number of likely N-dealkylation sites (tertiary alicyclic amines) is 1. The van der Waals surface area contributed by atoms with E-state index in [1.807, 2.05) is 4.68 Å². The summed E-state index contributed by atoms with van der Waals surface area (Å²) in [7, 11) is 0. The molecule has 2 heterocycles. The zero-order chi connectivity index (χ0) is 17.6. The Kier molecular flexibility index (Phi) is 4.43. The van der Waals surface area contributed by atoms with Crippen LogP contribution in [0.2, 0.25) is 0 Å². The van der Waals surface area contributed by atoms with Crippen LogP contribution in [0.3, 0.4) is 0 Å². The van der Waals surface area contributed by atoms with E-state index in [0.717, 1.165) is 18.5 Å². The molecule has 1 aliphatic heterocycles. The summed E-state index contributed by atoms with van der Waals surface area (Å²) in [5.41, 5.74) is 2.42. The summed E-state index contributed by atoms with van der Waals surface area (Å²) < 4.78 is 28.2. The molecule has 0 N–H and O–H groups in total. The van der Waals surface area contributed by atoms with Gasteiger partial charge in [0.25, 0.3) is 5.92 Å². The average molecular weight is 339 g/mol. The second-order valence-corrected chi connectivity index (χ2v) is 7.83. The van der Waals surface area contributed by atoms with E-state index in [1.54, 1.807) is 4.90 Å². The van der Waals surface area contributed by atoms with Gasteiger partial charge in [0, 0.05) is 25.7 Å². The number of rotatable bonds is 4. The van der Waals surface area contributed by atoms with Crippen molar-refractivity contribution in [3.05, 3.63) is 17.5 Å². The number of carbonyl (C=O) groups excluding carboxylic acids is 1. The van der Waals surface area contributed by atoms with Crippen LogP contribution in [0.4, 0.5) is 8.78 Å². The molecule has 24 heavy (non-hydrogen) atoms. The number of hydrogen-bond acceptors (Lipinski definition) is 2. The molecule has 1 unspecified atom stereocenters. The maximum absolute atomic E-state index is 13.1. The molecule has 1 atom stereocenters. The summed E-state index contributed by atoms with van der Waals surface area (Å²) in [4.78, 5) is 13.7. The van der Waals surface area contributed by atoms with Crippen LogP contribution in [0.1, 0.15) is 76.1 Å². The van der Waals surface area contributed by atoms with Crippen LogP contribution in [0.5, 0.6) is 0 Å². The van der Waals surface area contributed by atoms with Crippen LogP contribution in [-0.4, -0.2) is 39.6 Å². The van der Waals surface area contributed by atoms with Crippen LogP contribution in [0.25, 0.3) is 0 Å². The van der Waals surface area contributed by atoms with Gasteiger partial charge in [-0.15, -0.1) is 0 Å². The smallest absolute Gasteiger partial charge is 0.260 e. The lowest BCUT2D eigenvalue weighted by Gasteiger charge is -2.32. The van der Waals surface area contributed by atoms with E-state index >= 15 is 0 Å². The van der Waals surface area contributed by atoms with Crippen molar-refractivity contribution in [1.82, 2.24) is 14.7 Å². The third-order valence-electron chi connectivity index (χ3n) is 5.23. The predicted octanol–water partition coefficient (Wildman–Crippen LogP) is 3.95. The van der Waals surface area contributed by atoms with Gasteiger partial charge in [0.2, 0.25) is 5.91 Å². The van der Waals surface area contributed by atoms with Crippen molar-refractivity contribution in [3.8, 4) is 0 Å². The van der Waals surface area contributed by atoms with Crippen molar-refractivity contribution in [2.45, 2.75) is 70.8 Å². The van der Waals surface area contributed by atoms with Gasteiger partial charge in [-0.3, -0.25) is 9.48 Å². The molecule has 0 radical (unpaired) electrons. The van der Waals surface area contributed by atoms with E-state index in [-0.39, 0.29) is 18.4 Å². The molecule has 0 spiro atoms. The second kappa shape index (κ2) is 6.12. The molecule has 1 aromatic heterocycles. The Labute approximate surface area is 142 Å². The molecule has 134 valence electrons. The fourth-order valence-electron chi connectivity index (χ4n) is 3.55. The first-order valence-electron chi connectivity index (χ1n) is 8.96. The van der Waals surface area contributed by atoms with Crippen molar-refractivity contribution in [1.29, 1.82) is 0 Å². The average Bonchev–Trinajstić information content (AvgIpc) is 2.98. The summed E-state index contributed by atoms with van der Waals surface area (Å²) in [6.45, 7) is 9.73. The van der Waals surface area contributed by atoms with Crippen LogP contribution in [-0.2, 0) is 4.79 Å². The highest BCUT2D eigenvalue weighted by Crippen LogP contribution is 2.49. The van der Waals surface area contributed by atoms with Gasteiger partial charge in [0.05, 0.1) is 11.7 Å². The lowest BCUT2D eigenvalue weighted by Crippen LogP contribution is -2.40. The maximum Gasteiger partial charge on any atom is 0.260 e. The molecule has 1 aliphatic carbocycles. The molecule has 1 amide bonds. The SMILES string of the molecule is CC(C)c1cn(C2CCN(C(=O)C3CC3(F)F)CC2)nc1C(C)C. The van der Waals surface area contributed by atoms with Crippen molar-refractivity contribution in [2.75, 3.05) is 13.1 Å². The molecule has 0 aromatic carbocycles. The highest BCUT2D eigenvalue weighted by Gasteiger charge is 2.62. The first-order valence-corrected chi connectivity index (χ1v) is 8.96. The van der Waals surface area contributed by atoms with Crippen molar-refractivity contribution >= 4 is 5.91 Å². The van der Waals surface area contributed by atoms with Gasteiger partial charge in [0.15, 0.2) is 0 Å². The van der Waals surface area contributed by atoms with E-state index in [0.29, 0.717) is 24.9 Å². The van der Waals surface area contributed by atoms with Crippen molar-refractivity contribution in [3.63, 3.8) is 0 Å². The van der Waals surface area contributed by atoms with Gasteiger partial charge in [-0.1, -0.05) is 27.7 Å². The summed E-state index contributed by atoms with van der Waals surface area (Å²) in [5, 5.41) is 4.79. The summed E-state index contributed by atoms with van der Waals surface area (Å²) in [5.74, 6) is -3.41. The minimum Gasteiger partial charge on any atom is -0.342 e. The van der Waals surface area contributed by atoms with E-state index in [9.17, 15) is 13.6 Å². The number of hydrogen-bond donors (Lipinski definition) is 0. The molecular weight excluding hydrogens is 312 g/mol. The van der Waals surface area contributed by atoms with Gasteiger partial charge in [-0.25, -0.2) is 8.78 Å². The van der Waals surface area contributed by atoms with Gasteiger partial charge in [-0.2, -0.15) is 5.10 Å². The predicted molar refractivity (Wildman–Crippen MR) is 88.3 cm³/mol. The van der Waals surface area contributed by atoms with E-state index in [2.05, 4.69) is 33.9 Å². The van der Waals surface area contributed by atoms with E-state index < -0.39 is 11.8 Å². The first-order chi connectivity index (χ1) is 11.2. The van der Waals surface area contributed by atoms with Gasteiger partial charge < -0.3 is 4.90 Å². The lowest BCUT2D eigenvalue weighted by atomic mass is 9.98. The number of halogens is 2. The molecule has 1 saturated carbocycles. The number of amides is 1. The van der Waals surface area contributed by atoms with Crippen LogP contribution in [0, 0.1) is 5.92 Å². The molecule has 1 saturated heterocycles. The summed E-state index contributed by atoms with van der Waals surface area (Å²) >= 11 is 0. The number of carbonyl (C=O) groups is 1. The highest BCUT2D eigenvalue weighted by molar-refractivity contribution is 5.83. The van der Waals surface area contributed by atoms with Gasteiger partial charge >= 0.3 is 0 Å². The molecule has 3 rings (SSSR count). The summed E-state index contributed by atoms with van der Waals surface area (Å²) in [6.07, 6.45) is 3.42. The Morgan fingerprint density at radius 1 is 1.21 bits per heavy atom. The lowest BCUT2D eigenvalue weighted by molar-refractivity contribution is -0.136. The standard InChI is InChI=1S/C18H27F2N3O/c1-11(2)14-10-23(21-16(14)12(3)4)13-5-7-22(8-6-13)17(24)15-9-18(15,19)20/h10-13,15H,5-9H2,1-4H3. The van der Waals surface area contributed by atoms with Crippen LogP contribution in [0.15, 0.2) is 6.20 Å². The molecular formula is C18H27F2N3O.